The summed E-state index contributed by atoms with van der Waals surface area (Å²) >= 11 is 2.76. The summed E-state index contributed by atoms with van der Waals surface area (Å²) in [5.74, 6) is -1.19. The summed E-state index contributed by atoms with van der Waals surface area (Å²) in [7, 11) is 0. The molecule has 1 N–H and O–H groups in total. The highest BCUT2D eigenvalue weighted by atomic mass is 32.2. The molecule has 3 rings (SSSR count). The van der Waals surface area contributed by atoms with Gasteiger partial charge in [-0.1, -0.05) is 23.9 Å². The lowest BCUT2D eigenvalue weighted by Crippen LogP contribution is -2.14. The molecule has 6 nitrogen and oxygen atoms in total. The third-order valence-electron chi connectivity index (χ3n) is 3.03. The second-order valence-electron chi connectivity index (χ2n) is 4.71. The van der Waals surface area contributed by atoms with Crippen molar-refractivity contribution in [1.82, 2.24) is 4.98 Å². The number of thiazole rings is 1. The van der Waals surface area contributed by atoms with E-state index in [0.29, 0.717) is 0 Å². The molecule has 0 bridgehead atoms. The van der Waals surface area contributed by atoms with E-state index in [0.717, 1.165) is 26.7 Å². The van der Waals surface area contributed by atoms with E-state index >= 15 is 0 Å². The van der Waals surface area contributed by atoms with Crippen LogP contribution in [0.2, 0.25) is 0 Å². The Balaban J connectivity index is 1.63. The molecule has 1 aromatic heterocycles. The van der Waals surface area contributed by atoms with Crippen LogP contribution in [0.5, 0.6) is 0 Å². The molecule has 0 aliphatic heterocycles. The molecule has 0 aliphatic carbocycles. The van der Waals surface area contributed by atoms with Gasteiger partial charge in [0.1, 0.15) is 0 Å². The van der Waals surface area contributed by atoms with Crippen molar-refractivity contribution < 1.29 is 14.1 Å². The summed E-state index contributed by atoms with van der Waals surface area (Å²) in [5, 5.41) is 13.2. The first-order valence-corrected chi connectivity index (χ1v) is 8.55. The zero-order valence-corrected chi connectivity index (χ0v) is 13.7. The fourth-order valence-corrected chi connectivity index (χ4v) is 3.84. The molecule has 1 heterocycles. The predicted molar refractivity (Wildman–Crippen MR) is 92.0 cm³/mol. The zero-order valence-electron chi connectivity index (χ0n) is 12.1. The monoisotopic (exact) mass is 363 g/mol. The molecule has 0 saturated carbocycles. The van der Waals surface area contributed by atoms with Gasteiger partial charge in [0.05, 0.1) is 20.9 Å². The SMILES string of the molecule is O=C(CSc1nc2ccccc2s1)Nc1ccc(F)c([N+](=O)[O-])c1. The third-order valence-corrected chi connectivity index (χ3v) is 5.21. The Bertz CT molecular complexity index is 896. The first-order valence-electron chi connectivity index (χ1n) is 6.75. The van der Waals surface area contributed by atoms with E-state index in [4.69, 9.17) is 0 Å². The number of amides is 1. The average molecular weight is 363 g/mol. The number of nitrogens with zero attached hydrogens (tertiary/aromatic N) is 2. The summed E-state index contributed by atoms with van der Waals surface area (Å²) in [6.07, 6.45) is 0. The van der Waals surface area contributed by atoms with E-state index in [2.05, 4.69) is 10.3 Å². The number of nitro groups is 1. The standard InChI is InChI=1S/C15H10FN3O3S2/c16-10-6-5-9(7-12(10)19(21)22)17-14(20)8-23-15-18-11-3-1-2-4-13(11)24-15/h1-7H,8H2,(H,17,20). The molecule has 9 heteroatoms. The van der Waals surface area contributed by atoms with Crippen LogP contribution < -0.4 is 5.32 Å². The Hall–Kier alpha value is -2.52. The number of hydrogen-bond donors (Lipinski definition) is 1. The molecule has 2 aromatic carbocycles. The smallest absolute Gasteiger partial charge is 0.306 e. The Kier molecular flexibility index (Phi) is 4.72. The maximum Gasteiger partial charge on any atom is 0.306 e. The van der Waals surface area contributed by atoms with Gasteiger partial charge in [0.2, 0.25) is 11.7 Å². The van der Waals surface area contributed by atoms with Gasteiger partial charge in [-0.3, -0.25) is 14.9 Å². The van der Waals surface area contributed by atoms with Crippen molar-refractivity contribution in [3.63, 3.8) is 0 Å². The van der Waals surface area contributed by atoms with E-state index in [1.807, 2.05) is 24.3 Å². The van der Waals surface area contributed by atoms with Crippen LogP contribution >= 0.6 is 23.1 Å². The van der Waals surface area contributed by atoms with Gasteiger partial charge in [-0.2, -0.15) is 4.39 Å². The number of carbonyl (C=O) groups excluding carboxylic acids is 1. The number of thioether (sulfide) groups is 1. The summed E-state index contributed by atoms with van der Waals surface area (Å²) in [5.41, 5.74) is 0.379. The van der Waals surface area contributed by atoms with Gasteiger partial charge in [-0.25, -0.2) is 4.98 Å². The zero-order chi connectivity index (χ0) is 17.1. The molecule has 0 aliphatic rings. The van der Waals surface area contributed by atoms with Gasteiger partial charge < -0.3 is 5.32 Å². The van der Waals surface area contributed by atoms with Crippen LogP contribution in [0, 0.1) is 15.9 Å². The van der Waals surface area contributed by atoms with Gasteiger partial charge in [0, 0.05) is 11.8 Å². The molecule has 0 spiro atoms. The number of fused-ring (bicyclic) bond motifs is 1. The van der Waals surface area contributed by atoms with Crippen molar-refractivity contribution in [1.29, 1.82) is 0 Å². The molecular weight excluding hydrogens is 353 g/mol. The number of anilines is 1. The molecule has 0 radical (unpaired) electrons. The van der Waals surface area contributed by atoms with Crippen LogP contribution in [-0.2, 0) is 4.79 Å². The molecule has 3 aromatic rings. The van der Waals surface area contributed by atoms with Crippen molar-refractivity contribution in [2.75, 3.05) is 11.1 Å². The number of nitrogens with one attached hydrogen (secondary N) is 1. The second-order valence-corrected chi connectivity index (χ2v) is 6.96. The molecule has 0 saturated heterocycles. The van der Waals surface area contributed by atoms with E-state index in [9.17, 15) is 19.3 Å². The van der Waals surface area contributed by atoms with Crippen LogP contribution in [0.4, 0.5) is 15.8 Å². The van der Waals surface area contributed by atoms with Crippen LogP contribution in [0.15, 0.2) is 46.8 Å². The largest absolute Gasteiger partial charge is 0.325 e. The Morgan fingerprint density at radius 2 is 2.12 bits per heavy atom. The molecular formula is C15H10FN3O3S2. The number of aromatic nitrogens is 1. The number of hydrogen-bond acceptors (Lipinski definition) is 6. The molecule has 1 amide bonds. The number of nitro benzene ring substituents is 1. The van der Waals surface area contributed by atoms with Gasteiger partial charge in [0.15, 0.2) is 4.34 Å². The van der Waals surface area contributed by atoms with Crippen molar-refractivity contribution in [3.8, 4) is 0 Å². The Morgan fingerprint density at radius 1 is 1.33 bits per heavy atom. The van der Waals surface area contributed by atoms with Crippen molar-refractivity contribution in [2.24, 2.45) is 0 Å². The van der Waals surface area contributed by atoms with Crippen molar-refractivity contribution in [2.45, 2.75) is 4.34 Å². The lowest BCUT2D eigenvalue weighted by Gasteiger charge is -2.04. The van der Waals surface area contributed by atoms with Crippen molar-refractivity contribution >= 4 is 50.6 Å². The highest BCUT2D eigenvalue weighted by molar-refractivity contribution is 8.01. The predicted octanol–water partition coefficient (Wildman–Crippen LogP) is 4.07. The van der Waals surface area contributed by atoms with Crippen LogP contribution in [-0.4, -0.2) is 21.6 Å². The van der Waals surface area contributed by atoms with Gasteiger partial charge in [0.25, 0.3) is 0 Å². The van der Waals surface area contributed by atoms with E-state index in [1.165, 1.54) is 29.2 Å². The number of carbonyl (C=O) groups is 1. The van der Waals surface area contributed by atoms with Gasteiger partial charge in [-0.05, 0) is 24.3 Å². The summed E-state index contributed by atoms with van der Waals surface area (Å²) in [4.78, 5) is 26.2. The van der Waals surface area contributed by atoms with Crippen LogP contribution in [0.1, 0.15) is 0 Å². The van der Waals surface area contributed by atoms with Crippen LogP contribution in [0.3, 0.4) is 0 Å². The molecule has 122 valence electrons. The van der Waals surface area contributed by atoms with E-state index in [-0.39, 0.29) is 17.3 Å². The van der Waals surface area contributed by atoms with Crippen molar-refractivity contribution in [3.05, 3.63) is 58.4 Å². The lowest BCUT2D eigenvalue weighted by molar-refractivity contribution is -0.387. The molecule has 24 heavy (non-hydrogen) atoms. The topological polar surface area (TPSA) is 85.1 Å². The first kappa shape index (κ1) is 16.3. The van der Waals surface area contributed by atoms with Crippen LogP contribution in [0.25, 0.3) is 10.2 Å². The van der Waals surface area contributed by atoms with Gasteiger partial charge in [-0.15, -0.1) is 11.3 Å². The molecule has 0 atom stereocenters. The maximum atomic E-state index is 13.3. The first-order chi connectivity index (χ1) is 11.5. The molecule has 0 unspecified atom stereocenters. The summed E-state index contributed by atoms with van der Waals surface area (Å²) in [6.45, 7) is 0. The lowest BCUT2D eigenvalue weighted by atomic mass is 10.2. The average Bonchev–Trinajstić information content (AvgIpc) is 2.97. The minimum atomic E-state index is -0.943. The Labute approximate surface area is 143 Å². The number of benzene rings is 2. The Morgan fingerprint density at radius 3 is 2.88 bits per heavy atom. The fourth-order valence-electron chi connectivity index (χ4n) is 1.97. The number of rotatable bonds is 5. The highest BCUT2D eigenvalue weighted by Crippen LogP contribution is 2.29. The third kappa shape index (κ3) is 3.69. The number of para-hydroxylation sites is 1. The van der Waals surface area contributed by atoms with Gasteiger partial charge >= 0.3 is 5.69 Å². The minimum absolute atomic E-state index is 0.102. The maximum absolute atomic E-state index is 13.3. The number of halogens is 1. The second kappa shape index (κ2) is 6.93. The quantitative estimate of drug-likeness (QED) is 0.419. The highest BCUT2D eigenvalue weighted by Gasteiger charge is 2.15. The molecule has 0 fully saturated rings. The summed E-state index contributed by atoms with van der Waals surface area (Å²) in [6, 6.07) is 10.9. The van der Waals surface area contributed by atoms with E-state index < -0.39 is 16.4 Å². The summed E-state index contributed by atoms with van der Waals surface area (Å²) < 4.78 is 15.1. The minimum Gasteiger partial charge on any atom is -0.325 e. The fraction of sp³-hybridized carbons (Fsp3) is 0.0667. The normalized spacial score (nSPS) is 10.7. The van der Waals surface area contributed by atoms with E-state index in [1.54, 1.807) is 0 Å².